The fourth-order valence-corrected chi connectivity index (χ4v) is 3.45. The van der Waals surface area contributed by atoms with Gasteiger partial charge in [-0.3, -0.25) is 0 Å². The maximum Gasteiger partial charge on any atom is 0.279 e. The molecular formula is C10H20ClF2N3O4S. The molecule has 0 radical (unpaired) electrons. The van der Waals surface area contributed by atoms with E-state index in [9.17, 15) is 17.2 Å². The molecule has 21 heavy (non-hydrogen) atoms. The third kappa shape index (κ3) is 4.68. The molecule has 2 saturated heterocycles. The Morgan fingerprint density at radius 2 is 1.76 bits per heavy atom. The van der Waals surface area contributed by atoms with Gasteiger partial charge in [0, 0.05) is 25.9 Å². The van der Waals surface area contributed by atoms with Crippen molar-refractivity contribution in [1.82, 2.24) is 9.03 Å². The first-order chi connectivity index (χ1) is 9.29. The summed E-state index contributed by atoms with van der Waals surface area (Å²) < 4.78 is 63.7. The molecule has 0 bridgehead atoms. The van der Waals surface area contributed by atoms with Crippen LogP contribution in [0.4, 0.5) is 8.78 Å². The normalized spacial score (nSPS) is 23.2. The Labute approximate surface area is 128 Å². The van der Waals surface area contributed by atoms with E-state index < -0.39 is 35.0 Å². The van der Waals surface area contributed by atoms with Crippen LogP contribution in [0.3, 0.4) is 0 Å². The van der Waals surface area contributed by atoms with Gasteiger partial charge in [-0.05, 0) is 0 Å². The van der Waals surface area contributed by atoms with Gasteiger partial charge in [0.15, 0.2) is 5.79 Å². The number of hydrogen-bond donors (Lipinski definition) is 2. The number of halogens is 3. The summed E-state index contributed by atoms with van der Waals surface area (Å²) in [4.78, 5) is 0. The number of ether oxygens (including phenoxy) is 2. The fourth-order valence-electron chi connectivity index (χ4n) is 2.21. The van der Waals surface area contributed by atoms with Crippen LogP contribution in [0, 0.1) is 0 Å². The van der Waals surface area contributed by atoms with Crippen molar-refractivity contribution in [3.05, 3.63) is 0 Å². The molecule has 2 fully saturated rings. The smallest absolute Gasteiger partial charge is 0.279 e. The number of rotatable bonds is 5. The molecule has 11 heteroatoms. The van der Waals surface area contributed by atoms with E-state index in [1.807, 2.05) is 4.72 Å². The Morgan fingerprint density at radius 1 is 1.24 bits per heavy atom. The number of alkyl halides is 2. The number of nitrogens with zero attached hydrogens (tertiary/aromatic N) is 1. The molecule has 0 aromatic carbocycles. The zero-order valence-corrected chi connectivity index (χ0v) is 13.0. The van der Waals surface area contributed by atoms with E-state index in [4.69, 9.17) is 15.2 Å². The van der Waals surface area contributed by atoms with Crippen molar-refractivity contribution in [1.29, 1.82) is 0 Å². The average Bonchev–Trinajstić information content (AvgIpc) is 2.86. The van der Waals surface area contributed by atoms with Gasteiger partial charge in [0.25, 0.3) is 16.1 Å². The van der Waals surface area contributed by atoms with Crippen molar-refractivity contribution in [3.8, 4) is 0 Å². The Kier molecular flexibility index (Phi) is 6.30. The maximum absolute atomic E-state index is 13.0. The van der Waals surface area contributed by atoms with Gasteiger partial charge in [0.2, 0.25) is 0 Å². The molecule has 126 valence electrons. The van der Waals surface area contributed by atoms with Gasteiger partial charge in [-0.15, -0.1) is 12.4 Å². The molecular weight excluding hydrogens is 332 g/mol. The standard InChI is InChI=1S/C10H19F2N3O4S.ClH/c11-9(12,7-13)8-14-20(16,17)15-3-1-10(2-4-15)18-5-6-19-10;/h14H,1-8,13H2;1H. The van der Waals surface area contributed by atoms with Crippen molar-refractivity contribution in [2.45, 2.75) is 24.6 Å². The van der Waals surface area contributed by atoms with E-state index in [0.29, 0.717) is 26.1 Å². The highest BCUT2D eigenvalue weighted by Crippen LogP contribution is 2.31. The Bertz CT molecular complexity index is 436. The minimum Gasteiger partial charge on any atom is -0.347 e. The maximum atomic E-state index is 13.0. The van der Waals surface area contributed by atoms with Crippen molar-refractivity contribution >= 4 is 22.6 Å². The van der Waals surface area contributed by atoms with Crippen LogP contribution in [0.15, 0.2) is 0 Å². The Morgan fingerprint density at radius 3 is 2.24 bits per heavy atom. The summed E-state index contributed by atoms with van der Waals surface area (Å²) in [5.74, 6) is -3.95. The summed E-state index contributed by atoms with van der Waals surface area (Å²) >= 11 is 0. The van der Waals surface area contributed by atoms with Gasteiger partial charge < -0.3 is 15.2 Å². The van der Waals surface area contributed by atoms with Crippen LogP contribution >= 0.6 is 12.4 Å². The van der Waals surface area contributed by atoms with Gasteiger partial charge in [-0.25, -0.2) is 8.78 Å². The second kappa shape index (κ2) is 6.99. The highest BCUT2D eigenvalue weighted by Gasteiger charge is 2.42. The topological polar surface area (TPSA) is 93.9 Å². The lowest BCUT2D eigenvalue weighted by Crippen LogP contribution is -2.52. The van der Waals surface area contributed by atoms with Crippen LogP contribution in [0.2, 0.25) is 0 Å². The van der Waals surface area contributed by atoms with E-state index in [1.165, 1.54) is 0 Å². The quantitative estimate of drug-likeness (QED) is 0.707. The Balaban J connectivity index is 0.00000220. The first kappa shape index (κ1) is 18.9. The highest BCUT2D eigenvalue weighted by molar-refractivity contribution is 7.87. The second-order valence-electron chi connectivity index (χ2n) is 4.89. The van der Waals surface area contributed by atoms with Crippen molar-refractivity contribution < 1.29 is 26.7 Å². The average molecular weight is 352 g/mol. The zero-order valence-electron chi connectivity index (χ0n) is 11.4. The minimum absolute atomic E-state index is 0. The largest absolute Gasteiger partial charge is 0.347 e. The highest BCUT2D eigenvalue weighted by atomic mass is 35.5. The van der Waals surface area contributed by atoms with E-state index >= 15 is 0 Å². The molecule has 2 aliphatic rings. The van der Waals surface area contributed by atoms with Gasteiger partial charge in [-0.2, -0.15) is 17.4 Å². The number of nitrogens with two attached hydrogens (primary N) is 1. The number of nitrogens with one attached hydrogen (secondary N) is 1. The molecule has 0 unspecified atom stereocenters. The van der Waals surface area contributed by atoms with Crippen molar-refractivity contribution in [3.63, 3.8) is 0 Å². The van der Waals surface area contributed by atoms with Crippen LogP contribution in [0.5, 0.6) is 0 Å². The molecule has 1 spiro atoms. The minimum atomic E-state index is -3.94. The van der Waals surface area contributed by atoms with E-state index in [-0.39, 0.29) is 25.5 Å². The lowest BCUT2D eigenvalue weighted by atomic mass is 10.1. The molecule has 3 N–H and O–H groups in total. The second-order valence-corrected chi connectivity index (χ2v) is 6.65. The first-order valence-corrected chi connectivity index (χ1v) is 7.83. The van der Waals surface area contributed by atoms with E-state index in [0.717, 1.165) is 4.31 Å². The number of piperidine rings is 1. The van der Waals surface area contributed by atoms with Crippen LogP contribution in [0.1, 0.15) is 12.8 Å². The molecule has 0 aromatic heterocycles. The predicted octanol–water partition coefficient (Wildman–Crippen LogP) is -0.324. The SMILES string of the molecule is Cl.NCC(F)(F)CNS(=O)(=O)N1CCC2(CC1)OCCO2. The van der Waals surface area contributed by atoms with Crippen LogP contribution in [-0.2, 0) is 19.7 Å². The summed E-state index contributed by atoms with van der Waals surface area (Å²) in [6, 6.07) is 0. The van der Waals surface area contributed by atoms with Crippen molar-refractivity contribution in [2.75, 3.05) is 39.4 Å². The molecule has 2 aliphatic heterocycles. The molecule has 0 saturated carbocycles. The fraction of sp³-hybridized carbons (Fsp3) is 1.00. The van der Waals surface area contributed by atoms with Crippen LogP contribution < -0.4 is 10.5 Å². The molecule has 0 aliphatic carbocycles. The lowest BCUT2D eigenvalue weighted by molar-refractivity contribution is -0.179. The van der Waals surface area contributed by atoms with E-state index in [1.54, 1.807) is 0 Å². The van der Waals surface area contributed by atoms with Gasteiger partial charge >= 0.3 is 0 Å². The summed E-state index contributed by atoms with van der Waals surface area (Å²) in [6.07, 6.45) is 0.780. The third-order valence-corrected chi connectivity index (χ3v) is 5.00. The van der Waals surface area contributed by atoms with Crippen LogP contribution in [-0.4, -0.2) is 63.8 Å². The molecule has 0 aromatic rings. The lowest BCUT2D eigenvalue weighted by Gasteiger charge is -2.36. The molecule has 2 rings (SSSR count). The Hall–Kier alpha value is -0.100. The van der Waals surface area contributed by atoms with Gasteiger partial charge in [-0.1, -0.05) is 0 Å². The number of hydrogen-bond acceptors (Lipinski definition) is 5. The summed E-state index contributed by atoms with van der Waals surface area (Å²) in [7, 11) is -3.94. The summed E-state index contributed by atoms with van der Waals surface area (Å²) in [5.41, 5.74) is 4.86. The molecule has 7 nitrogen and oxygen atoms in total. The molecule has 0 amide bonds. The van der Waals surface area contributed by atoms with E-state index in [2.05, 4.69) is 0 Å². The summed E-state index contributed by atoms with van der Waals surface area (Å²) in [6.45, 7) is -0.574. The third-order valence-electron chi connectivity index (χ3n) is 3.45. The van der Waals surface area contributed by atoms with Crippen molar-refractivity contribution in [2.24, 2.45) is 5.73 Å². The van der Waals surface area contributed by atoms with Gasteiger partial charge in [0.1, 0.15) is 0 Å². The predicted molar refractivity (Wildman–Crippen MR) is 73.6 cm³/mol. The monoisotopic (exact) mass is 351 g/mol. The summed E-state index contributed by atoms with van der Waals surface area (Å²) in [5, 5.41) is 0. The molecule has 2 heterocycles. The first-order valence-electron chi connectivity index (χ1n) is 6.39. The zero-order chi connectivity index (χ0) is 14.9. The van der Waals surface area contributed by atoms with Gasteiger partial charge in [0.05, 0.1) is 26.3 Å². The van der Waals surface area contributed by atoms with Crippen LogP contribution in [0.25, 0.3) is 0 Å². The molecule has 0 atom stereocenters.